The van der Waals surface area contributed by atoms with E-state index in [2.05, 4.69) is 0 Å². The molecule has 0 radical (unpaired) electrons. The minimum absolute atomic E-state index is 0.0545. The molecular formula is C12H17ClO2. The molecule has 84 valence electrons. The third kappa shape index (κ3) is 2.44. The maximum atomic E-state index is 9.31. The quantitative estimate of drug-likeness (QED) is 0.862. The average Bonchev–Trinajstić information content (AvgIpc) is 2.17. The number of methoxy groups -OCH3 is 1. The molecule has 0 aliphatic heterocycles. The molecule has 1 rings (SSSR count). The van der Waals surface area contributed by atoms with Gasteiger partial charge in [0.2, 0.25) is 0 Å². The van der Waals surface area contributed by atoms with E-state index in [1.54, 1.807) is 7.11 Å². The number of aliphatic hydroxyl groups is 1. The molecule has 0 saturated heterocycles. The molecule has 0 spiro atoms. The minimum atomic E-state index is -0.349. The summed E-state index contributed by atoms with van der Waals surface area (Å²) in [6.45, 7) is 5.89. The summed E-state index contributed by atoms with van der Waals surface area (Å²) in [5, 5.41) is 9.98. The molecule has 0 aliphatic rings. The van der Waals surface area contributed by atoms with Crippen molar-refractivity contribution in [2.45, 2.75) is 26.2 Å². The summed E-state index contributed by atoms with van der Waals surface area (Å²) in [5.74, 6) is 0.802. The summed E-state index contributed by atoms with van der Waals surface area (Å²) >= 11 is 6.16. The van der Waals surface area contributed by atoms with E-state index in [-0.39, 0.29) is 12.0 Å². The predicted molar refractivity (Wildman–Crippen MR) is 62.9 cm³/mol. The van der Waals surface area contributed by atoms with Gasteiger partial charge in [0.05, 0.1) is 13.7 Å². The second kappa shape index (κ2) is 4.42. The van der Waals surface area contributed by atoms with Gasteiger partial charge in [0.15, 0.2) is 0 Å². The summed E-state index contributed by atoms with van der Waals surface area (Å²) in [5.41, 5.74) is 1.56. The van der Waals surface area contributed by atoms with Gasteiger partial charge >= 0.3 is 0 Å². The fourth-order valence-electron chi connectivity index (χ4n) is 1.48. The van der Waals surface area contributed by atoms with Crippen molar-refractivity contribution in [3.8, 4) is 5.75 Å². The van der Waals surface area contributed by atoms with Crippen LogP contribution in [0.2, 0.25) is 5.02 Å². The average molecular weight is 229 g/mol. The first-order valence-corrected chi connectivity index (χ1v) is 5.25. The first-order chi connectivity index (χ1) is 6.92. The first kappa shape index (κ1) is 12.3. The van der Waals surface area contributed by atoms with Gasteiger partial charge in [-0.15, -0.1) is 0 Å². The Labute approximate surface area is 95.8 Å². The molecule has 1 N–H and O–H groups in total. The van der Waals surface area contributed by atoms with Crippen molar-refractivity contribution in [2.75, 3.05) is 13.7 Å². The van der Waals surface area contributed by atoms with Crippen LogP contribution in [0.5, 0.6) is 5.75 Å². The van der Waals surface area contributed by atoms with E-state index < -0.39 is 0 Å². The van der Waals surface area contributed by atoms with Crippen LogP contribution in [0.25, 0.3) is 0 Å². The molecule has 0 saturated carbocycles. The Morgan fingerprint density at radius 2 is 2.00 bits per heavy atom. The highest BCUT2D eigenvalue weighted by Gasteiger charge is 2.23. The van der Waals surface area contributed by atoms with Crippen molar-refractivity contribution < 1.29 is 9.84 Å². The van der Waals surface area contributed by atoms with Gasteiger partial charge in [-0.2, -0.15) is 0 Å². The Hall–Kier alpha value is -0.730. The molecule has 2 nitrogen and oxygen atoms in total. The van der Waals surface area contributed by atoms with E-state index in [1.165, 1.54) is 0 Å². The van der Waals surface area contributed by atoms with Crippen LogP contribution in [-0.4, -0.2) is 18.8 Å². The van der Waals surface area contributed by atoms with Gasteiger partial charge in [-0.1, -0.05) is 25.4 Å². The lowest BCUT2D eigenvalue weighted by atomic mass is 9.85. The van der Waals surface area contributed by atoms with Crippen LogP contribution >= 0.6 is 11.6 Å². The second-order valence-electron chi connectivity index (χ2n) is 4.34. The smallest absolute Gasteiger partial charge is 0.122 e. The molecule has 0 aliphatic carbocycles. The van der Waals surface area contributed by atoms with Crippen molar-refractivity contribution >= 4 is 11.6 Å². The summed E-state index contributed by atoms with van der Waals surface area (Å²) in [4.78, 5) is 0. The van der Waals surface area contributed by atoms with Crippen molar-refractivity contribution in [2.24, 2.45) is 0 Å². The largest absolute Gasteiger partial charge is 0.496 e. The highest BCUT2D eigenvalue weighted by Crippen LogP contribution is 2.34. The third-order valence-electron chi connectivity index (χ3n) is 2.61. The standard InChI is InChI=1S/C12H17ClO2/c1-8-5-10(13)9(6-11(8)15-4)12(2,3)7-14/h5-6,14H,7H2,1-4H3. The molecule has 0 heterocycles. The maximum Gasteiger partial charge on any atom is 0.122 e. The van der Waals surface area contributed by atoms with E-state index in [4.69, 9.17) is 16.3 Å². The van der Waals surface area contributed by atoms with Gasteiger partial charge in [-0.25, -0.2) is 0 Å². The number of rotatable bonds is 3. The predicted octanol–water partition coefficient (Wildman–Crippen LogP) is 2.93. The maximum absolute atomic E-state index is 9.31. The highest BCUT2D eigenvalue weighted by molar-refractivity contribution is 6.31. The topological polar surface area (TPSA) is 29.5 Å². The molecule has 3 heteroatoms. The lowest BCUT2D eigenvalue weighted by molar-refractivity contribution is 0.218. The fraction of sp³-hybridized carbons (Fsp3) is 0.500. The van der Waals surface area contributed by atoms with Crippen molar-refractivity contribution in [3.63, 3.8) is 0 Å². The molecule has 0 fully saturated rings. The summed E-state index contributed by atoms with van der Waals surface area (Å²) in [6, 6.07) is 3.76. The van der Waals surface area contributed by atoms with Crippen LogP contribution in [-0.2, 0) is 5.41 Å². The number of halogens is 1. The van der Waals surface area contributed by atoms with Crippen molar-refractivity contribution in [1.29, 1.82) is 0 Å². The van der Waals surface area contributed by atoms with Crippen molar-refractivity contribution in [1.82, 2.24) is 0 Å². The van der Waals surface area contributed by atoms with Gasteiger partial charge in [0.25, 0.3) is 0 Å². The third-order valence-corrected chi connectivity index (χ3v) is 2.92. The zero-order chi connectivity index (χ0) is 11.6. The van der Waals surface area contributed by atoms with Crippen molar-refractivity contribution in [3.05, 3.63) is 28.3 Å². The van der Waals surface area contributed by atoms with Crippen LogP contribution in [0, 0.1) is 6.92 Å². The number of aliphatic hydroxyl groups excluding tert-OH is 1. The number of hydrogen-bond acceptors (Lipinski definition) is 2. The van der Waals surface area contributed by atoms with Gasteiger partial charge in [0, 0.05) is 10.4 Å². The Morgan fingerprint density at radius 1 is 1.40 bits per heavy atom. The van der Waals surface area contributed by atoms with Crippen LogP contribution < -0.4 is 4.74 Å². The van der Waals surface area contributed by atoms with E-state index in [1.807, 2.05) is 32.9 Å². The van der Waals surface area contributed by atoms with E-state index in [9.17, 15) is 5.11 Å². The minimum Gasteiger partial charge on any atom is -0.496 e. The van der Waals surface area contributed by atoms with Crippen LogP contribution in [0.1, 0.15) is 25.0 Å². The zero-order valence-corrected chi connectivity index (χ0v) is 10.4. The Balaban J connectivity index is 3.30. The summed E-state index contributed by atoms with van der Waals surface area (Å²) < 4.78 is 5.24. The molecule has 0 unspecified atom stereocenters. The zero-order valence-electron chi connectivity index (χ0n) is 9.60. The van der Waals surface area contributed by atoms with Crippen LogP contribution in [0.3, 0.4) is 0 Å². The van der Waals surface area contributed by atoms with Gasteiger partial charge in [-0.3, -0.25) is 0 Å². The molecule has 0 amide bonds. The Kier molecular flexibility index (Phi) is 3.63. The molecule has 15 heavy (non-hydrogen) atoms. The molecule has 0 atom stereocenters. The van der Waals surface area contributed by atoms with E-state index in [0.717, 1.165) is 16.9 Å². The Bertz CT molecular complexity index is 359. The number of ether oxygens (including phenoxy) is 1. The van der Waals surface area contributed by atoms with E-state index in [0.29, 0.717) is 5.02 Å². The van der Waals surface area contributed by atoms with Crippen LogP contribution in [0.4, 0.5) is 0 Å². The lowest BCUT2D eigenvalue weighted by Gasteiger charge is -2.24. The molecular weight excluding hydrogens is 212 g/mol. The second-order valence-corrected chi connectivity index (χ2v) is 4.75. The molecule has 1 aromatic rings. The number of hydrogen-bond donors (Lipinski definition) is 1. The summed E-state index contributed by atoms with van der Waals surface area (Å²) in [7, 11) is 1.63. The molecule has 1 aromatic carbocycles. The van der Waals surface area contributed by atoms with Gasteiger partial charge in [0.1, 0.15) is 5.75 Å². The SMILES string of the molecule is COc1cc(C(C)(C)CO)c(Cl)cc1C. The number of benzene rings is 1. The number of aryl methyl sites for hydroxylation is 1. The fourth-order valence-corrected chi connectivity index (χ4v) is 1.95. The molecule has 0 aromatic heterocycles. The molecule has 0 bridgehead atoms. The lowest BCUT2D eigenvalue weighted by Crippen LogP contribution is -2.22. The Morgan fingerprint density at radius 3 is 2.47 bits per heavy atom. The van der Waals surface area contributed by atoms with Gasteiger partial charge in [-0.05, 0) is 30.2 Å². The van der Waals surface area contributed by atoms with Gasteiger partial charge < -0.3 is 9.84 Å². The first-order valence-electron chi connectivity index (χ1n) is 4.88. The summed E-state index contributed by atoms with van der Waals surface area (Å²) in [6.07, 6.45) is 0. The van der Waals surface area contributed by atoms with E-state index >= 15 is 0 Å². The normalized spacial score (nSPS) is 11.6. The van der Waals surface area contributed by atoms with Crippen LogP contribution in [0.15, 0.2) is 12.1 Å². The monoisotopic (exact) mass is 228 g/mol. The highest BCUT2D eigenvalue weighted by atomic mass is 35.5.